The van der Waals surface area contributed by atoms with Crippen molar-refractivity contribution in [2.24, 2.45) is 5.73 Å². The molecule has 0 saturated heterocycles. The van der Waals surface area contributed by atoms with E-state index in [-0.39, 0.29) is 0 Å². The van der Waals surface area contributed by atoms with Crippen LogP contribution in [0.2, 0.25) is 0 Å². The molecule has 2 aromatic rings. The molecule has 0 unspecified atom stereocenters. The van der Waals surface area contributed by atoms with E-state index >= 15 is 0 Å². The topological polar surface area (TPSA) is 97.8 Å². The molecule has 5 N–H and O–H groups in total. The molecular formula is C9H10N4O. The van der Waals surface area contributed by atoms with Crippen molar-refractivity contribution in [3.63, 3.8) is 0 Å². The highest BCUT2D eigenvalue weighted by atomic mass is 16.1. The highest BCUT2D eigenvalue weighted by Gasteiger charge is 2.07. The summed E-state index contributed by atoms with van der Waals surface area (Å²) in [4.78, 5) is 17.9. The quantitative estimate of drug-likeness (QED) is 0.612. The number of aromatic nitrogens is 2. The molecular weight excluding hydrogens is 180 g/mol. The molecule has 5 heteroatoms. The van der Waals surface area contributed by atoms with Crippen LogP contribution < -0.4 is 11.5 Å². The molecule has 0 aliphatic heterocycles. The van der Waals surface area contributed by atoms with Crippen molar-refractivity contribution in [1.82, 2.24) is 9.97 Å². The number of H-pyrrole nitrogens is 1. The molecule has 1 aromatic heterocycles. The van der Waals surface area contributed by atoms with Crippen molar-refractivity contribution < 1.29 is 4.79 Å². The van der Waals surface area contributed by atoms with Crippen molar-refractivity contribution in [2.45, 2.75) is 6.92 Å². The molecule has 0 saturated carbocycles. The summed E-state index contributed by atoms with van der Waals surface area (Å²) in [5.74, 6) is -0.124. The number of nitrogens with zero attached hydrogens (tertiary/aromatic N) is 1. The number of nitrogens with two attached hydrogens (primary N) is 2. The van der Waals surface area contributed by atoms with E-state index in [1.165, 1.54) is 0 Å². The number of primary amides is 1. The number of nitrogens with one attached hydrogen (secondary N) is 1. The van der Waals surface area contributed by atoms with Crippen LogP contribution in [0.1, 0.15) is 15.9 Å². The zero-order valence-corrected chi connectivity index (χ0v) is 7.66. The summed E-state index contributed by atoms with van der Waals surface area (Å²) in [6, 6.07) is 3.33. The molecule has 0 fully saturated rings. The molecule has 1 amide bonds. The van der Waals surface area contributed by atoms with Crippen molar-refractivity contribution in [1.29, 1.82) is 0 Å². The van der Waals surface area contributed by atoms with Gasteiger partial charge in [0, 0.05) is 5.56 Å². The summed E-state index contributed by atoms with van der Waals surface area (Å²) in [6.07, 6.45) is 0. The molecule has 0 aliphatic rings. The Labute approximate surface area is 80.1 Å². The van der Waals surface area contributed by atoms with Crippen LogP contribution in [0.15, 0.2) is 12.1 Å². The lowest BCUT2D eigenvalue weighted by Gasteiger charge is -1.98. The van der Waals surface area contributed by atoms with E-state index in [2.05, 4.69) is 9.97 Å². The Balaban J connectivity index is 2.77. The third kappa shape index (κ3) is 1.19. The fourth-order valence-corrected chi connectivity index (χ4v) is 1.45. The monoisotopic (exact) mass is 190 g/mol. The average Bonchev–Trinajstić information content (AvgIpc) is 2.45. The molecule has 72 valence electrons. The Kier molecular flexibility index (Phi) is 1.67. The van der Waals surface area contributed by atoms with E-state index in [4.69, 9.17) is 11.5 Å². The molecule has 0 bridgehead atoms. The largest absolute Gasteiger partial charge is 0.369 e. The second kappa shape index (κ2) is 2.73. The predicted molar refractivity (Wildman–Crippen MR) is 53.8 cm³/mol. The smallest absolute Gasteiger partial charge is 0.248 e. The summed E-state index contributed by atoms with van der Waals surface area (Å²) in [7, 11) is 0. The van der Waals surface area contributed by atoms with Gasteiger partial charge in [-0.05, 0) is 24.6 Å². The van der Waals surface area contributed by atoms with Gasteiger partial charge in [0.05, 0.1) is 11.0 Å². The van der Waals surface area contributed by atoms with Crippen molar-refractivity contribution >= 4 is 22.9 Å². The van der Waals surface area contributed by atoms with E-state index in [9.17, 15) is 4.79 Å². The first-order valence-corrected chi connectivity index (χ1v) is 4.13. The molecule has 14 heavy (non-hydrogen) atoms. The normalized spacial score (nSPS) is 10.6. The van der Waals surface area contributed by atoms with Crippen molar-refractivity contribution in [3.8, 4) is 0 Å². The Morgan fingerprint density at radius 1 is 1.50 bits per heavy atom. The van der Waals surface area contributed by atoms with E-state index in [0.717, 1.165) is 11.1 Å². The summed E-state index contributed by atoms with van der Waals surface area (Å²) >= 11 is 0. The van der Waals surface area contributed by atoms with Gasteiger partial charge in [0.2, 0.25) is 5.91 Å². The van der Waals surface area contributed by atoms with Gasteiger partial charge in [-0.15, -0.1) is 0 Å². The van der Waals surface area contributed by atoms with Crippen LogP contribution in [0.25, 0.3) is 11.0 Å². The first-order valence-electron chi connectivity index (χ1n) is 4.13. The number of rotatable bonds is 1. The van der Waals surface area contributed by atoms with E-state index in [1.807, 2.05) is 6.92 Å². The minimum absolute atomic E-state index is 0.338. The number of benzene rings is 1. The molecule has 2 rings (SSSR count). The van der Waals surface area contributed by atoms with E-state index < -0.39 is 5.91 Å². The molecule has 1 aromatic carbocycles. The molecule has 0 atom stereocenters. The van der Waals surface area contributed by atoms with Gasteiger partial charge in [-0.3, -0.25) is 4.79 Å². The number of hydrogen-bond acceptors (Lipinski definition) is 3. The molecule has 1 heterocycles. The van der Waals surface area contributed by atoms with Crippen LogP contribution in [0.5, 0.6) is 0 Å². The lowest BCUT2D eigenvalue weighted by atomic mass is 10.1. The molecule has 0 aliphatic carbocycles. The van der Waals surface area contributed by atoms with Gasteiger partial charge in [-0.25, -0.2) is 4.98 Å². The zero-order valence-electron chi connectivity index (χ0n) is 7.66. The van der Waals surface area contributed by atoms with Gasteiger partial charge in [0.1, 0.15) is 0 Å². The van der Waals surface area contributed by atoms with Crippen molar-refractivity contribution in [3.05, 3.63) is 23.3 Å². The number of aryl methyl sites for hydroxylation is 1. The molecule has 0 spiro atoms. The second-order valence-electron chi connectivity index (χ2n) is 3.17. The van der Waals surface area contributed by atoms with Gasteiger partial charge < -0.3 is 16.5 Å². The number of anilines is 1. The number of fused-ring (bicyclic) bond motifs is 1. The highest BCUT2D eigenvalue weighted by molar-refractivity contribution is 5.97. The van der Waals surface area contributed by atoms with E-state index in [1.54, 1.807) is 12.1 Å². The van der Waals surface area contributed by atoms with E-state index in [0.29, 0.717) is 17.0 Å². The summed E-state index contributed by atoms with van der Waals surface area (Å²) < 4.78 is 0. The van der Waals surface area contributed by atoms with Gasteiger partial charge in [0.15, 0.2) is 5.95 Å². The average molecular weight is 190 g/mol. The number of hydrogen-bond donors (Lipinski definition) is 3. The summed E-state index contributed by atoms with van der Waals surface area (Å²) in [5.41, 5.74) is 13.5. The maximum Gasteiger partial charge on any atom is 0.248 e. The minimum atomic E-state index is -0.462. The van der Waals surface area contributed by atoms with Gasteiger partial charge in [-0.2, -0.15) is 0 Å². The van der Waals surface area contributed by atoms with Gasteiger partial charge in [0.25, 0.3) is 0 Å². The van der Waals surface area contributed by atoms with Gasteiger partial charge in [-0.1, -0.05) is 0 Å². The van der Waals surface area contributed by atoms with Crippen LogP contribution in [0.4, 0.5) is 5.95 Å². The summed E-state index contributed by atoms with van der Waals surface area (Å²) in [5, 5.41) is 0. The predicted octanol–water partition coefficient (Wildman–Crippen LogP) is 0.552. The fraction of sp³-hybridized carbons (Fsp3) is 0.111. The SMILES string of the molecule is Cc1cc(C(N)=O)cc2nc(N)[nH]c12. The number of carbonyl (C=O) groups is 1. The van der Waals surface area contributed by atoms with Gasteiger partial charge >= 0.3 is 0 Å². The number of aromatic amines is 1. The first-order chi connectivity index (χ1) is 6.58. The third-order valence-corrected chi connectivity index (χ3v) is 2.09. The maximum absolute atomic E-state index is 11.0. The lowest BCUT2D eigenvalue weighted by molar-refractivity contribution is 0.100. The highest BCUT2D eigenvalue weighted by Crippen LogP contribution is 2.18. The standard InChI is InChI=1S/C9H10N4O/c1-4-2-5(8(10)14)3-6-7(4)13-9(11)12-6/h2-3H,1H3,(H2,10,14)(H3,11,12,13). The number of carbonyl (C=O) groups excluding carboxylic acids is 1. The Morgan fingerprint density at radius 2 is 2.21 bits per heavy atom. The minimum Gasteiger partial charge on any atom is -0.369 e. The third-order valence-electron chi connectivity index (χ3n) is 2.09. The summed E-state index contributed by atoms with van der Waals surface area (Å²) in [6.45, 7) is 1.87. The lowest BCUT2D eigenvalue weighted by Crippen LogP contribution is -2.10. The van der Waals surface area contributed by atoms with Crippen LogP contribution in [0.3, 0.4) is 0 Å². The van der Waals surface area contributed by atoms with Crippen LogP contribution >= 0.6 is 0 Å². The molecule has 0 radical (unpaired) electrons. The Bertz CT molecular complexity index is 515. The number of nitrogen functional groups attached to an aromatic ring is 1. The number of imidazole rings is 1. The fourth-order valence-electron chi connectivity index (χ4n) is 1.45. The van der Waals surface area contributed by atoms with Crippen LogP contribution in [0, 0.1) is 6.92 Å². The van der Waals surface area contributed by atoms with Crippen molar-refractivity contribution in [2.75, 3.05) is 5.73 Å². The molecule has 5 nitrogen and oxygen atoms in total. The van der Waals surface area contributed by atoms with Crippen LogP contribution in [-0.2, 0) is 0 Å². The Hall–Kier alpha value is -2.04. The second-order valence-corrected chi connectivity index (χ2v) is 3.17. The zero-order chi connectivity index (χ0) is 10.3. The Morgan fingerprint density at radius 3 is 2.86 bits per heavy atom. The maximum atomic E-state index is 11.0. The van der Waals surface area contributed by atoms with Crippen LogP contribution in [-0.4, -0.2) is 15.9 Å². The first kappa shape index (κ1) is 8.55. The number of amides is 1.